The molecule has 0 bridgehead atoms. The predicted octanol–water partition coefficient (Wildman–Crippen LogP) is 3.22. The van der Waals surface area contributed by atoms with Crippen LogP contribution in [0.4, 0.5) is 0 Å². The van der Waals surface area contributed by atoms with E-state index in [2.05, 4.69) is 5.32 Å². The summed E-state index contributed by atoms with van der Waals surface area (Å²) in [5.41, 5.74) is -0.464. The molecule has 0 aliphatic heterocycles. The molecule has 1 amide bonds. The standard InChI is InChI=1S/C15H18ClNO3/c1-9(2)15(3,19)8-17-14(18)12-7-10-5-4-6-11(16)13(10)20-12/h4-7,9,19H,8H2,1-3H3,(H,17,18). The lowest BCUT2D eigenvalue weighted by Crippen LogP contribution is -2.44. The van der Waals surface area contributed by atoms with Gasteiger partial charge >= 0.3 is 0 Å². The number of furan rings is 1. The van der Waals surface area contributed by atoms with Gasteiger partial charge in [-0.1, -0.05) is 37.6 Å². The van der Waals surface area contributed by atoms with Crippen LogP contribution in [0.15, 0.2) is 28.7 Å². The van der Waals surface area contributed by atoms with Gasteiger partial charge in [0.15, 0.2) is 11.3 Å². The van der Waals surface area contributed by atoms with E-state index in [0.29, 0.717) is 10.6 Å². The first-order valence-corrected chi connectivity index (χ1v) is 6.87. The summed E-state index contributed by atoms with van der Waals surface area (Å²) < 4.78 is 5.46. The molecule has 0 saturated heterocycles. The van der Waals surface area contributed by atoms with Crippen LogP contribution in [-0.2, 0) is 0 Å². The third-order valence-corrected chi connectivity index (χ3v) is 3.87. The van der Waals surface area contributed by atoms with E-state index < -0.39 is 5.60 Å². The third kappa shape index (κ3) is 2.97. The lowest BCUT2D eigenvalue weighted by Gasteiger charge is -2.27. The van der Waals surface area contributed by atoms with Crippen LogP contribution in [0.25, 0.3) is 11.0 Å². The Morgan fingerprint density at radius 1 is 1.50 bits per heavy atom. The number of hydrogen-bond acceptors (Lipinski definition) is 3. The number of nitrogens with one attached hydrogen (secondary N) is 1. The maximum atomic E-state index is 12.0. The van der Waals surface area contributed by atoms with E-state index in [1.54, 1.807) is 25.1 Å². The fraction of sp³-hybridized carbons (Fsp3) is 0.400. The first kappa shape index (κ1) is 14.9. The second-order valence-corrected chi connectivity index (χ2v) is 5.87. The first-order chi connectivity index (χ1) is 9.31. The largest absolute Gasteiger partial charge is 0.449 e. The van der Waals surface area contributed by atoms with Crippen molar-refractivity contribution in [3.05, 3.63) is 35.0 Å². The highest BCUT2D eigenvalue weighted by Crippen LogP contribution is 2.26. The highest BCUT2D eigenvalue weighted by atomic mass is 35.5. The number of carbonyl (C=O) groups is 1. The quantitative estimate of drug-likeness (QED) is 0.910. The summed E-state index contributed by atoms with van der Waals surface area (Å²) in [4.78, 5) is 12.0. The molecule has 0 aliphatic carbocycles. The molecule has 1 aromatic carbocycles. The number of aliphatic hydroxyl groups is 1. The van der Waals surface area contributed by atoms with E-state index in [0.717, 1.165) is 5.39 Å². The lowest BCUT2D eigenvalue weighted by atomic mass is 9.92. The van der Waals surface area contributed by atoms with Gasteiger partial charge in [-0.25, -0.2) is 0 Å². The summed E-state index contributed by atoms with van der Waals surface area (Å²) in [7, 11) is 0. The van der Waals surface area contributed by atoms with E-state index in [9.17, 15) is 9.90 Å². The summed E-state index contributed by atoms with van der Waals surface area (Å²) in [5.74, 6) is -0.140. The lowest BCUT2D eigenvalue weighted by molar-refractivity contribution is 0.0140. The van der Waals surface area contributed by atoms with Crippen molar-refractivity contribution in [3.8, 4) is 0 Å². The van der Waals surface area contributed by atoms with Gasteiger partial charge in [0, 0.05) is 11.9 Å². The summed E-state index contributed by atoms with van der Waals surface area (Å²) in [6.45, 7) is 5.64. The molecule has 1 aromatic heterocycles. The Morgan fingerprint density at radius 2 is 2.20 bits per heavy atom. The van der Waals surface area contributed by atoms with Crippen LogP contribution in [0, 0.1) is 5.92 Å². The van der Waals surface area contributed by atoms with Crippen molar-refractivity contribution in [2.24, 2.45) is 5.92 Å². The van der Waals surface area contributed by atoms with Crippen molar-refractivity contribution in [1.82, 2.24) is 5.32 Å². The third-order valence-electron chi connectivity index (χ3n) is 3.57. The van der Waals surface area contributed by atoms with Gasteiger partial charge in [0.25, 0.3) is 5.91 Å². The van der Waals surface area contributed by atoms with E-state index in [4.69, 9.17) is 16.0 Å². The maximum absolute atomic E-state index is 12.0. The fourth-order valence-corrected chi connectivity index (χ4v) is 1.91. The summed E-state index contributed by atoms with van der Waals surface area (Å²) >= 11 is 6.00. The zero-order chi connectivity index (χ0) is 14.9. The molecule has 2 aromatic rings. The minimum absolute atomic E-state index is 0.0351. The predicted molar refractivity (Wildman–Crippen MR) is 79.0 cm³/mol. The van der Waals surface area contributed by atoms with E-state index in [1.807, 2.05) is 19.9 Å². The van der Waals surface area contributed by atoms with Crippen molar-refractivity contribution < 1.29 is 14.3 Å². The normalized spacial score (nSPS) is 14.5. The van der Waals surface area contributed by atoms with Crippen molar-refractivity contribution in [2.75, 3.05) is 6.54 Å². The van der Waals surface area contributed by atoms with Gasteiger partial charge in [0.2, 0.25) is 0 Å². The summed E-state index contributed by atoms with van der Waals surface area (Å²) in [6.07, 6.45) is 0. The van der Waals surface area contributed by atoms with E-state index >= 15 is 0 Å². The maximum Gasteiger partial charge on any atom is 0.287 e. The Balaban J connectivity index is 2.14. The van der Waals surface area contributed by atoms with Crippen LogP contribution in [0.2, 0.25) is 5.02 Å². The zero-order valence-corrected chi connectivity index (χ0v) is 12.5. The molecule has 108 valence electrons. The van der Waals surface area contributed by atoms with E-state index in [1.165, 1.54) is 0 Å². The molecule has 2 rings (SSSR count). The summed E-state index contributed by atoms with van der Waals surface area (Å²) in [6, 6.07) is 6.97. The highest BCUT2D eigenvalue weighted by molar-refractivity contribution is 6.34. The number of para-hydroxylation sites is 1. The molecular formula is C15H18ClNO3. The van der Waals surface area contributed by atoms with Gasteiger partial charge < -0.3 is 14.8 Å². The average Bonchev–Trinajstić information content (AvgIpc) is 2.81. The van der Waals surface area contributed by atoms with Gasteiger partial charge in [0.05, 0.1) is 10.6 Å². The number of fused-ring (bicyclic) bond motifs is 1. The molecule has 4 nitrogen and oxygen atoms in total. The van der Waals surface area contributed by atoms with Gasteiger partial charge in [0.1, 0.15) is 0 Å². The van der Waals surface area contributed by atoms with Crippen LogP contribution in [0.1, 0.15) is 31.3 Å². The Hall–Kier alpha value is -1.52. The first-order valence-electron chi connectivity index (χ1n) is 6.50. The number of amides is 1. The number of rotatable bonds is 4. The average molecular weight is 296 g/mol. The smallest absolute Gasteiger partial charge is 0.287 e. The molecule has 2 N–H and O–H groups in total. The molecule has 20 heavy (non-hydrogen) atoms. The van der Waals surface area contributed by atoms with Crippen LogP contribution >= 0.6 is 11.6 Å². The number of benzene rings is 1. The zero-order valence-electron chi connectivity index (χ0n) is 11.7. The number of hydrogen-bond donors (Lipinski definition) is 2. The van der Waals surface area contributed by atoms with Crippen molar-refractivity contribution >= 4 is 28.5 Å². The minimum Gasteiger partial charge on any atom is -0.449 e. The van der Waals surface area contributed by atoms with Crippen molar-refractivity contribution in [2.45, 2.75) is 26.4 Å². The highest BCUT2D eigenvalue weighted by Gasteiger charge is 2.26. The number of carbonyl (C=O) groups excluding carboxylic acids is 1. The SMILES string of the molecule is CC(C)C(C)(O)CNC(=O)c1cc2cccc(Cl)c2o1. The Labute approximate surface area is 122 Å². The van der Waals surface area contributed by atoms with Gasteiger partial charge in [-0.15, -0.1) is 0 Å². The molecule has 0 saturated carbocycles. The second kappa shape index (κ2) is 5.46. The molecule has 5 heteroatoms. The van der Waals surface area contributed by atoms with Gasteiger partial charge in [-0.05, 0) is 25.0 Å². The minimum atomic E-state index is -0.959. The topological polar surface area (TPSA) is 62.5 Å². The van der Waals surface area contributed by atoms with Crippen LogP contribution in [-0.4, -0.2) is 23.2 Å². The van der Waals surface area contributed by atoms with E-state index in [-0.39, 0.29) is 24.1 Å². The van der Waals surface area contributed by atoms with Crippen molar-refractivity contribution in [1.29, 1.82) is 0 Å². The molecule has 0 aliphatic rings. The van der Waals surface area contributed by atoms with Crippen LogP contribution in [0.5, 0.6) is 0 Å². The fourth-order valence-electron chi connectivity index (χ4n) is 1.69. The Morgan fingerprint density at radius 3 is 2.80 bits per heavy atom. The molecule has 1 heterocycles. The molecule has 0 spiro atoms. The summed E-state index contributed by atoms with van der Waals surface area (Å²) in [5, 5.41) is 14.0. The second-order valence-electron chi connectivity index (χ2n) is 5.46. The Kier molecular flexibility index (Phi) is 4.06. The number of halogens is 1. The van der Waals surface area contributed by atoms with Gasteiger partial charge in [-0.3, -0.25) is 4.79 Å². The molecule has 0 fully saturated rings. The molecular weight excluding hydrogens is 278 g/mol. The van der Waals surface area contributed by atoms with Crippen molar-refractivity contribution in [3.63, 3.8) is 0 Å². The van der Waals surface area contributed by atoms with Crippen LogP contribution < -0.4 is 5.32 Å². The monoisotopic (exact) mass is 295 g/mol. The molecule has 0 radical (unpaired) electrons. The van der Waals surface area contributed by atoms with Crippen LogP contribution in [0.3, 0.4) is 0 Å². The molecule has 1 unspecified atom stereocenters. The Bertz CT molecular complexity index is 631. The van der Waals surface area contributed by atoms with Gasteiger partial charge in [-0.2, -0.15) is 0 Å². The molecule has 1 atom stereocenters.